The predicted octanol–water partition coefficient (Wildman–Crippen LogP) is 2.50. The van der Waals surface area contributed by atoms with Gasteiger partial charge in [-0.25, -0.2) is 8.78 Å². The summed E-state index contributed by atoms with van der Waals surface area (Å²) in [6, 6.07) is 9.91. The summed E-state index contributed by atoms with van der Waals surface area (Å²) in [7, 11) is 0. The quantitative estimate of drug-likeness (QED) is 0.879. The Balaban J connectivity index is 2.03. The molecule has 2 rings (SSSR count). The molecule has 2 N–H and O–H groups in total. The average Bonchev–Trinajstić information content (AvgIpc) is 2.39. The zero-order valence-electron chi connectivity index (χ0n) is 9.78. The maximum Gasteiger partial charge on any atom is 0.245 e. The van der Waals surface area contributed by atoms with E-state index >= 15 is 0 Å². The van der Waals surface area contributed by atoms with E-state index in [1.54, 1.807) is 0 Å². The van der Waals surface area contributed by atoms with Gasteiger partial charge in [0.15, 0.2) is 0 Å². The lowest BCUT2D eigenvalue weighted by Gasteiger charge is -2.41. The number of rotatable bonds is 3. The first-order chi connectivity index (χ1) is 8.18. The topological polar surface area (TPSA) is 29.3 Å². The molecule has 0 saturated carbocycles. The number of piperidine rings is 1. The van der Waals surface area contributed by atoms with Crippen molar-refractivity contribution in [2.24, 2.45) is 11.1 Å². The van der Waals surface area contributed by atoms with Crippen LogP contribution in [-0.2, 0) is 0 Å². The van der Waals surface area contributed by atoms with Gasteiger partial charge < -0.3 is 10.6 Å². The summed E-state index contributed by atoms with van der Waals surface area (Å²) in [5.74, 6) is 0. The number of anilines is 1. The van der Waals surface area contributed by atoms with Crippen molar-refractivity contribution in [2.45, 2.75) is 19.3 Å². The van der Waals surface area contributed by atoms with Crippen LogP contribution < -0.4 is 10.6 Å². The zero-order valence-corrected chi connectivity index (χ0v) is 9.78. The predicted molar refractivity (Wildman–Crippen MR) is 65.4 cm³/mol. The lowest BCUT2D eigenvalue weighted by Crippen LogP contribution is -2.47. The van der Waals surface area contributed by atoms with Crippen LogP contribution in [0.2, 0.25) is 0 Å². The molecule has 1 aromatic rings. The van der Waals surface area contributed by atoms with E-state index < -0.39 is 11.8 Å². The summed E-state index contributed by atoms with van der Waals surface area (Å²) in [5.41, 5.74) is 5.66. The molecule has 0 atom stereocenters. The molecular weight excluding hydrogens is 222 g/mol. The zero-order chi connectivity index (χ0) is 12.3. The molecule has 94 valence electrons. The van der Waals surface area contributed by atoms with Crippen LogP contribution >= 0.6 is 0 Å². The van der Waals surface area contributed by atoms with E-state index in [0.717, 1.165) is 5.69 Å². The highest BCUT2D eigenvalue weighted by Gasteiger charge is 2.41. The average molecular weight is 240 g/mol. The van der Waals surface area contributed by atoms with Crippen LogP contribution in [0.1, 0.15) is 12.8 Å². The van der Waals surface area contributed by atoms with Gasteiger partial charge in [-0.15, -0.1) is 0 Å². The van der Waals surface area contributed by atoms with Gasteiger partial charge in [0.05, 0.1) is 0 Å². The van der Waals surface area contributed by atoms with Crippen molar-refractivity contribution in [3.63, 3.8) is 0 Å². The number of nitrogens with two attached hydrogens (primary N) is 1. The molecule has 1 fully saturated rings. The van der Waals surface area contributed by atoms with Crippen molar-refractivity contribution in [1.29, 1.82) is 0 Å². The highest BCUT2D eigenvalue weighted by Crippen LogP contribution is 2.37. The van der Waals surface area contributed by atoms with Crippen LogP contribution in [0.15, 0.2) is 30.3 Å². The van der Waals surface area contributed by atoms with Crippen LogP contribution in [0.3, 0.4) is 0 Å². The van der Waals surface area contributed by atoms with Gasteiger partial charge in [-0.05, 0) is 25.0 Å². The molecule has 1 aliphatic heterocycles. The molecule has 17 heavy (non-hydrogen) atoms. The lowest BCUT2D eigenvalue weighted by molar-refractivity contribution is -0.0160. The van der Waals surface area contributed by atoms with Gasteiger partial charge in [0.25, 0.3) is 0 Å². The molecular formula is C13H18F2N2. The third kappa shape index (κ3) is 2.41. The molecule has 0 aromatic heterocycles. The molecule has 0 aliphatic carbocycles. The Bertz CT molecular complexity index is 346. The molecule has 0 spiro atoms. The Kier molecular flexibility index (Phi) is 3.62. The van der Waals surface area contributed by atoms with Gasteiger partial charge in [-0.1, -0.05) is 18.2 Å². The molecule has 1 saturated heterocycles. The fraction of sp³-hybridized carbons (Fsp3) is 0.538. The largest absolute Gasteiger partial charge is 0.371 e. The minimum absolute atomic E-state index is 0.0767. The minimum Gasteiger partial charge on any atom is -0.371 e. The van der Waals surface area contributed by atoms with E-state index in [2.05, 4.69) is 4.90 Å². The van der Waals surface area contributed by atoms with Crippen LogP contribution in [0, 0.1) is 5.41 Å². The van der Waals surface area contributed by atoms with Gasteiger partial charge in [0, 0.05) is 30.7 Å². The van der Waals surface area contributed by atoms with Gasteiger partial charge >= 0.3 is 0 Å². The second-order valence-corrected chi connectivity index (χ2v) is 4.69. The summed E-state index contributed by atoms with van der Waals surface area (Å²) in [6.45, 7) is 1.39. The number of benzene rings is 1. The Labute approximate surface area is 100 Å². The summed E-state index contributed by atoms with van der Waals surface area (Å²) in [6.07, 6.45) is -1.38. The first-order valence-corrected chi connectivity index (χ1v) is 5.96. The first kappa shape index (κ1) is 12.3. The van der Waals surface area contributed by atoms with E-state index in [9.17, 15) is 8.78 Å². The van der Waals surface area contributed by atoms with Gasteiger partial charge in [0.1, 0.15) is 0 Å². The van der Waals surface area contributed by atoms with Crippen LogP contribution in [0.5, 0.6) is 0 Å². The summed E-state index contributed by atoms with van der Waals surface area (Å²) < 4.78 is 26.0. The Morgan fingerprint density at radius 3 is 2.24 bits per heavy atom. The number of nitrogens with zero attached hydrogens (tertiary/aromatic N) is 1. The van der Waals surface area contributed by atoms with E-state index in [0.29, 0.717) is 25.9 Å². The van der Waals surface area contributed by atoms with Crippen molar-refractivity contribution < 1.29 is 8.78 Å². The Morgan fingerprint density at radius 2 is 1.76 bits per heavy atom. The summed E-state index contributed by atoms with van der Waals surface area (Å²) in [4.78, 5) is 2.15. The van der Waals surface area contributed by atoms with E-state index in [1.807, 2.05) is 30.3 Å². The van der Waals surface area contributed by atoms with Gasteiger partial charge in [0.2, 0.25) is 6.43 Å². The molecule has 1 aromatic carbocycles. The van der Waals surface area contributed by atoms with Crippen LogP contribution in [0.25, 0.3) is 0 Å². The standard InChI is InChI=1S/C13H18F2N2/c14-12(15)13(10-16)6-8-17(9-7-13)11-4-2-1-3-5-11/h1-5,12H,6-10,16H2. The molecule has 0 unspecified atom stereocenters. The van der Waals surface area contributed by atoms with Crippen LogP contribution in [-0.4, -0.2) is 26.1 Å². The number of alkyl halides is 2. The third-order valence-corrected chi connectivity index (χ3v) is 3.75. The highest BCUT2D eigenvalue weighted by molar-refractivity contribution is 5.46. The maximum atomic E-state index is 13.0. The fourth-order valence-corrected chi connectivity index (χ4v) is 2.36. The molecule has 1 heterocycles. The second-order valence-electron chi connectivity index (χ2n) is 4.69. The second kappa shape index (κ2) is 5.00. The molecule has 1 aliphatic rings. The van der Waals surface area contributed by atoms with Crippen molar-refractivity contribution in [3.05, 3.63) is 30.3 Å². The number of para-hydroxylation sites is 1. The lowest BCUT2D eigenvalue weighted by atomic mass is 9.78. The molecule has 0 radical (unpaired) electrons. The fourth-order valence-electron chi connectivity index (χ4n) is 2.36. The van der Waals surface area contributed by atoms with E-state index in [4.69, 9.17) is 5.73 Å². The summed E-state index contributed by atoms with van der Waals surface area (Å²) >= 11 is 0. The summed E-state index contributed by atoms with van der Waals surface area (Å²) in [5, 5.41) is 0. The molecule has 4 heteroatoms. The normalized spacial score (nSPS) is 19.6. The van der Waals surface area contributed by atoms with Crippen molar-refractivity contribution in [1.82, 2.24) is 0 Å². The Hall–Kier alpha value is -1.16. The number of halogens is 2. The van der Waals surface area contributed by atoms with Crippen molar-refractivity contribution in [3.8, 4) is 0 Å². The molecule has 0 bridgehead atoms. The first-order valence-electron chi connectivity index (χ1n) is 5.96. The molecule has 0 amide bonds. The number of hydrogen-bond acceptors (Lipinski definition) is 2. The van der Waals surface area contributed by atoms with Gasteiger partial charge in [-0.2, -0.15) is 0 Å². The highest BCUT2D eigenvalue weighted by atomic mass is 19.3. The Morgan fingerprint density at radius 1 is 1.18 bits per heavy atom. The van der Waals surface area contributed by atoms with Crippen molar-refractivity contribution >= 4 is 5.69 Å². The number of hydrogen-bond donors (Lipinski definition) is 1. The van der Waals surface area contributed by atoms with Crippen LogP contribution in [0.4, 0.5) is 14.5 Å². The minimum atomic E-state index is -2.31. The van der Waals surface area contributed by atoms with E-state index in [1.165, 1.54) is 0 Å². The maximum absolute atomic E-state index is 13.0. The van der Waals surface area contributed by atoms with Crippen molar-refractivity contribution in [2.75, 3.05) is 24.5 Å². The third-order valence-electron chi connectivity index (χ3n) is 3.75. The smallest absolute Gasteiger partial charge is 0.245 e. The monoisotopic (exact) mass is 240 g/mol. The molecule has 2 nitrogen and oxygen atoms in total. The van der Waals surface area contributed by atoms with E-state index in [-0.39, 0.29) is 6.54 Å². The SMILES string of the molecule is NCC1(C(F)F)CCN(c2ccccc2)CC1. The van der Waals surface area contributed by atoms with Gasteiger partial charge in [-0.3, -0.25) is 0 Å².